The van der Waals surface area contributed by atoms with Gasteiger partial charge < -0.3 is 4.74 Å². The number of hydrazone groups is 1. The van der Waals surface area contributed by atoms with Crippen molar-refractivity contribution in [1.82, 2.24) is 5.43 Å². The van der Waals surface area contributed by atoms with Gasteiger partial charge >= 0.3 is 0 Å². The number of methoxy groups -OCH3 is 1. The molecule has 0 unspecified atom stereocenters. The number of benzene rings is 2. The third-order valence-electron chi connectivity index (χ3n) is 3.01. The molecule has 2 rings (SSSR count). The number of rotatable bonds is 4. The molecule has 0 fully saturated rings. The van der Waals surface area contributed by atoms with E-state index < -0.39 is 0 Å². The Bertz CT molecular complexity index is 713. The Morgan fingerprint density at radius 2 is 1.68 bits per heavy atom. The number of halogens is 2. The van der Waals surface area contributed by atoms with E-state index in [1.807, 2.05) is 24.3 Å². The van der Waals surface area contributed by atoms with Crippen LogP contribution in [0.5, 0.6) is 5.75 Å². The van der Waals surface area contributed by atoms with E-state index in [9.17, 15) is 4.79 Å². The molecule has 22 heavy (non-hydrogen) atoms. The topological polar surface area (TPSA) is 50.7 Å². The zero-order chi connectivity index (χ0) is 16.1. The summed E-state index contributed by atoms with van der Waals surface area (Å²) in [7, 11) is 1.60. The highest BCUT2D eigenvalue weighted by Crippen LogP contribution is 2.22. The standard InChI is InChI=1S/C16H14Cl2N2O2/c1-10(11-3-6-13(22-2)7-4-11)19-20-16(21)12-5-8-14(17)15(18)9-12/h3-9H,1-2H3,(H,20,21). The monoisotopic (exact) mass is 336 g/mol. The molecule has 2 aromatic rings. The summed E-state index contributed by atoms with van der Waals surface area (Å²) in [6.07, 6.45) is 0. The summed E-state index contributed by atoms with van der Waals surface area (Å²) in [6, 6.07) is 12.0. The molecule has 0 aliphatic carbocycles. The van der Waals surface area contributed by atoms with Crippen molar-refractivity contribution in [3.05, 3.63) is 63.6 Å². The minimum atomic E-state index is -0.355. The van der Waals surface area contributed by atoms with Crippen LogP contribution in [0.4, 0.5) is 0 Å². The summed E-state index contributed by atoms with van der Waals surface area (Å²) in [4.78, 5) is 12.0. The maximum absolute atomic E-state index is 12.0. The van der Waals surface area contributed by atoms with Crippen LogP contribution in [0.25, 0.3) is 0 Å². The molecule has 6 heteroatoms. The molecule has 0 aliphatic rings. The number of nitrogens with one attached hydrogen (secondary N) is 1. The molecule has 0 atom stereocenters. The smallest absolute Gasteiger partial charge is 0.271 e. The predicted molar refractivity (Wildman–Crippen MR) is 89.1 cm³/mol. The van der Waals surface area contributed by atoms with E-state index in [0.717, 1.165) is 11.3 Å². The molecule has 0 saturated heterocycles. The van der Waals surface area contributed by atoms with Gasteiger partial charge in [-0.1, -0.05) is 23.2 Å². The van der Waals surface area contributed by atoms with Gasteiger partial charge in [0, 0.05) is 5.56 Å². The van der Waals surface area contributed by atoms with Gasteiger partial charge in [-0.2, -0.15) is 5.10 Å². The first-order valence-electron chi connectivity index (χ1n) is 6.45. The number of carbonyl (C=O) groups is 1. The second kappa shape index (κ2) is 7.29. The molecule has 0 aromatic heterocycles. The van der Waals surface area contributed by atoms with Crippen LogP contribution in [0.15, 0.2) is 47.6 Å². The molecule has 0 heterocycles. The molecule has 4 nitrogen and oxygen atoms in total. The van der Waals surface area contributed by atoms with Crippen molar-refractivity contribution in [3.63, 3.8) is 0 Å². The van der Waals surface area contributed by atoms with E-state index in [0.29, 0.717) is 21.3 Å². The van der Waals surface area contributed by atoms with Crippen molar-refractivity contribution in [2.24, 2.45) is 5.10 Å². The van der Waals surface area contributed by atoms with E-state index in [2.05, 4.69) is 10.5 Å². The average molecular weight is 337 g/mol. The fourth-order valence-electron chi connectivity index (χ4n) is 1.73. The van der Waals surface area contributed by atoms with Crippen LogP contribution in [0.3, 0.4) is 0 Å². The van der Waals surface area contributed by atoms with Crippen LogP contribution in [-0.2, 0) is 0 Å². The minimum absolute atomic E-state index is 0.324. The van der Waals surface area contributed by atoms with Gasteiger partial charge in [-0.05, 0) is 55.0 Å². The van der Waals surface area contributed by atoms with Gasteiger partial charge in [0.25, 0.3) is 5.91 Å². The lowest BCUT2D eigenvalue weighted by Gasteiger charge is -2.05. The average Bonchev–Trinajstić information content (AvgIpc) is 2.54. The molecule has 0 aliphatic heterocycles. The normalized spacial score (nSPS) is 11.2. The number of amides is 1. The zero-order valence-corrected chi connectivity index (χ0v) is 13.6. The van der Waals surface area contributed by atoms with Crippen LogP contribution < -0.4 is 10.2 Å². The van der Waals surface area contributed by atoms with Crippen molar-refractivity contribution < 1.29 is 9.53 Å². The molecular formula is C16H14Cl2N2O2. The largest absolute Gasteiger partial charge is 0.497 e. The lowest BCUT2D eigenvalue weighted by molar-refractivity contribution is 0.0955. The van der Waals surface area contributed by atoms with Crippen LogP contribution in [0.1, 0.15) is 22.8 Å². The first-order chi connectivity index (χ1) is 10.5. The van der Waals surface area contributed by atoms with Crippen molar-refractivity contribution in [2.75, 3.05) is 7.11 Å². The van der Waals surface area contributed by atoms with Gasteiger partial charge in [-0.15, -0.1) is 0 Å². The Balaban J connectivity index is 2.08. The fraction of sp³-hybridized carbons (Fsp3) is 0.125. The zero-order valence-electron chi connectivity index (χ0n) is 12.1. The molecule has 1 amide bonds. The molecular weight excluding hydrogens is 323 g/mol. The lowest BCUT2D eigenvalue weighted by Crippen LogP contribution is -2.19. The summed E-state index contributed by atoms with van der Waals surface area (Å²) < 4.78 is 5.09. The van der Waals surface area contributed by atoms with Crippen LogP contribution in [0, 0.1) is 0 Å². The highest BCUT2D eigenvalue weighted by atomic mass is 35.5. The Hall–Kier alpha value is -2.04. The number of nitrogens with zero attached hydrogens (tertiary/aromatic N) is 1. The van der Waals surface area contributed by atoms with Crippen molar-refractivity contribution in [3.8, 4) is 5.75 Å². The molecule has 0 saturated carbocycles. The summed E-state index contributed by atoms with van der Waals surface area (Å²) in [5.41, 5.74) is 4.44. The van der Waals surface area contributed by atoms with E-state index >= 15 is 0 Å². The van der Waals surface area contributed by atoms with Crippen molar-refractivity contribution in [2.45, 2.75) is 6.92 Å². The second-order valence-electron chi connectivity index (χ2n) is 4.50. The summed E-state index contributed by atoms with van der Waals surface area (Å²) in [5.74, 6) is 0.405. The lowest BCUT2D eigenvalue weighted by atomic mass is 10.1. The fourth-order valence-corrected chi connectivity index (χ4v) is 2.03. The Kier molecular flexibility index (Phi) is 5.41. The number of ether oxygens (including phenoxy) is 1. The Morgan fingerprint density at radius 1 is 1.05 bits per heavy atom. The number of carbonyl (C=O) groups excluding carboxylic acids is 1. The molecule has 0 bridgehead atoms. The molecule has 114 valence electrons. The number of hydrogen-bond donors (Lipinski definition) is 1. The molecule has 1 N–H and O–H groups in total. The van der Waals surface area contributed by atoms with Crippen LogP contribution in [0.2, 0.25) is 10.0 Å². The quantitative estimate of drug-likeness (QED) is 0.673. The summed E-state index contributed by atoms with van der Waals surface area (Å²) in [6.45, 7) is 1.80. The predicted octanol–water partition coefficient (Wildman–Crippen LogP) is 4.16. The van der Waals surface area contributed by atoms with Gasteiger partial charge in [0.15, 0.2) is 0 Å². The van der Waals surface area contributed by atoms with Gasteiger partial charge in [-0.25, -0.2) is 5.43 Å². The Morgan fingerprint density at radius 3 is 2.27 bits per heavy atom. The van der Waals surface area contributed by atoms with Gasteiger partial charge in [0.05, 0.1) is 22.9 Å². The van der Waals surface area contributed by atoms with Gasteiger partial charge in [0.2, 0.25) is 0 Å². The highest BCUT2D eigenvalue weighted by Gasteiger charge is 2.07. The maximum atomic E-state index is 12.0. The summed E-state index contributed by atoms with van der Waals surface area (Å²) >= 11 is 11.7. The van der Waals surface area contributed by atoms with E-state index in [-0.39, 0.29) is 5.91 Å². The third kappa shape index (κ3) is 4.00. The van der Waals surface area contributed by atoms with Crippen molar-refractivity contribution in [1.29, 1.82) is 0 Å². The Labute approximate surface area is 138 Å². The minimum Gasteiger partial charge on any atom is -0.497 e. The van der Waals surface area contributed by atoms with Crippen molar-refractivity contribution >= 4 is 34.8 Å². The molecule has 0 spiro atoms. The van der Waals surface area contributed by atoms with Gasteiger partial charge in [0.1, 0.15) is 5.75 Å². The van der Waals surface area contributed by atoms with Gasteiger partial charge in [-0.3, -0.25) is 4.79 Å². The second-order valence-corrected chi connectivity index (χ2v) is 5.31. The van der Waals surface area contributed by atoms with E-state index in [1.165, 1.54) is 6.07 Å². The SMILES string of the molecule is COc1ccc(C(C)=NNC(=O)c2ccc(Cl)c(Cl)c2)cc1. The van der Waals surface area contributed by atoms with E-state index in [1.54, 1.807) is 26.2 Å². The van der Waals surface area contributed by atoms with E-state index in [4.69, 9.17) is 27.9 Å². The highest BCUT2D eigenvalue weighted by molar-refractivity contribution is 6.42. The first-order valence-corrected chi connectivity index (χ1v) is 7.21. The molecule has 2 aromatic carbocycles. The summed E-state index contributed by atoms with van der Waals surface area (Å²) in [5, 5.41) is 4.80. The maximum Gasteiger partial charge on any atom is 0.271 e. The van der Waals surface area contributed by atoms with Crippen LogP contribution in [-0.4, -0.2) is 18.7 Å². The molecule has 0 radical (unpaired) electrons. The first kappa shape index (κ1) is 16.3. The number of hydrogen-bond acceptors (Lipinski definition) is 3. The van der Waals surface area contributed by atoms with Crippen LogP contribution >= 0.6 is 23.2 Å². The third-order valence-corrected chi connectivity index (χ3v) is 3.75.